The fraction of sp³-hybridized carbons (Fsp3) is 0.444. The molecule has 3 heterocycles. The molecule has 0 radical (unpaired) electrons. The molecular formula is C18H23BrN6O2S. The molecule has 0 aliphatic carbocycles. The van der Waals surface area contributed by atoms with E-state index in [1.165, 1.54) is 0 Å². The molecule has 0 aliphatic heterocycles. The number of carbonyl (C=O) groups excluding carboxylic acids is 1. The fourth-order valence-electron chi connectivity index (χ4n) is 2.54. The number of halogens is 1. The van der Waals surface area contributed by atoms with E-state index in [9.17, 15) is 4.79 Å². The highest BCUT2D eigenvalue weighted by Crippen LogP contribution is 2.26. The van der Waals surface area contributed by atoms with E-state index < -0.39 is 0 Å². The van der Waals surface area contributed by atoms with Crippen molar-refractivity contribution in [2.24, 2.45) is 0 Å². The van der Waals surface area contributed by atoms with Gasteiger partial charge in [0.15, 0.2) is 21.2 Å². The Morgan fingerprint density at radius 1 is 1.29 bits per heavy atom. The average Bonchev–Trinajstić information content (AvgIpc) is 3.20. The lowest BCUT2D eigenvalue weighted by molar-refractivity contribution is 0.0923. The van der Waals surface area contributed by atoms with Crippen LogP contribution in [0, 0.1) is 0 Å². The van der Waals surface area contributed by atoms with Gasteiger partial charge in [-0.2, -0.15) is 5.10 Å². The Morgan fingerprint density at radius 3 is 2.71 bits per heavy atom. The number of hydrogen-bond acceptors (Lipinski definition) is 7. The third kappa shape index (κ3) is 5.05. The van der Waals surface area contributed by atoms with Crippen LogP contribution in [-0.4, -0.2) is 43.5 Å². The summed E-state index contributed by atoms with van der Waals surface area (Å²) in [6, 6.07) is 3.55. The highest BCUT2D eigenvalue weighted by Gasteiger charge is 2.15. The minimum absolute atomic E-state index is 0.241. The molecule has 1 amide bonds. The van der Waals surface area contributed by atoms with Crippen molar-refractivity contribution in [1.29, 1.82) is 0 Å². The van der Waals surface area contributed by atoms with Gasteiger partial charge in [0.1, 0.15) is 5.82 Å². The molecular weight excluding hydrogens is 444 g/mol. The van der Waals surface area contributed by atoms with E-state index >= 15 is 0 Å². The Bertz CT molecular complexity index is 968. The number of rotatable bonds is 8. The largest absolute Gasteiger partial charge is 0.444 e. The Labute approximate surface area is 176 Å². The predicted octanol–water partition coefficient (Wildman–Crippen LogP) is 3.93. The molecule has 0 saturated heterocycles. The van der Waals surface area contributed by atoms with Crippen molar-refractivity contribution in [2.45, 2.75) is 50.7 Å². The zero-order chi connectivity index (χ0) is 20.3. The molecule has 0 atom stereocenters. The summed E-state index contributed by atoms with van der Waals surface area (Å²) in [5, 5.41) is 12.6. The van der Waals surface area contributed by atoms with Gasteiger partial charge in [0.25, 0.3) is 5.91 Å². The number of nitrogens with one attached hydrogen (secondary N) is 2. The first-order valence-electron chi connectivity index (χ1n) is 9.03. The van der Waals surface area contributed by atoms with Gasteiger partial charge in [0.05, 0.1) is 18.1 Å². The highest BCUT2D eigenvalue weighted by molar-refractivity contribution is 9.10. The van der Waals surface area contributed by atoms with Gasteiger partial charge in [-0.1, -0.05) is 25.6 Å². The van der Waals surface area contributed by atoms with Crippen LogP contribution in [0.4, 0.5) is 5.82 Å². The molecule has 2 N–H and O–H groups in total. The SMILES string of the molecule is CC(C)Nc1nc(SC(C)C)nc2c1cnn2CCNC(=O)c1ccc(Br)o1. The van der Waals surface area contributed by atoms with Crippen molar-refractivity contribution in [1.82, 2.24) is 25.1 Å². The molecule has 3 aromatic rings. The quantitative estimate of drug-likeness (QED) is 0.383. The van der Waals surface area contributed by atoms with Crippen LogP contribution in [0.1, 0.15) is 38.2 Å². The number of amides is 1. The zero-order valence-electron chi connectivity index (χ0n) is 16.2. The molecule has 10 heteroatoms. The van der Waals surface area contributed by atoms with Gasteiger partial charge in [-0.3, -0.25) is 4.79 Å². The summed E-state index contributed by atoms with van der Waals surface area (Å²) < 4.78 is 7.56. The lowest BCUT2D eigenvalue weighted by Gasteiger charge is -2.12. The van der Waals surface area contributed by atoms with Gasteiger partial charge in [0, 0.05) is 17.8 Å². The lowest BCUT2D eigenvalue weighted by atomic mass is 10.3. The Hall–Kier alpha value is -2.07. The van der Waals surface area contributed by atoms with E-state index in [2.05, 4.69) is 69.3 Å². The van der Waals surface area contributed by atoms with Crippen molar-refractivity contribution in [3.63, 3.8) is 0 Å². The van der Waals surface area contributed by atoms with Gasteiger partial charge in [0.2, 0.25) is 0 Å². The summed E-state index contributed by atoms with van der Waals surface area (Å²) in [6.45, 7) is 9.23. The molecule has 3 rings (SSSR count). The molecule has 150 valence electrons. The summed E-state index contributed by atoms with van der Waals surface area (Å²) in [5.74, 6) is 0.771. The lowest BCUT2D eigenvalue weighted by Crippen LogP contribution is -2.27. The Morgan fingerprint density at radius 2 is 2.07 bits per heavy atom. The highest BCUT2D eigenvalue weighted by atomic mass is 79.9. The summed E-state index contributed by atoms with van der Waals surface area (Å²) in [4.78, 5) is 21.4. The van der Waals surface area contributed by atoms with Crippen molar-refractivity contribution in [2.75, 3.05) is 11.9 Å². The van der Waals surface area contributed by atoms with Crippen LogP contribution in [-0.2, 0) is 6.54 Å². The first-order chi connectivity index (χ1) is 13.3. The second-order valence-corrected chi connectivity index (χ2v) is 9.11. The van der Waals surface area contributed by atoms with Crippen LogP contribution in [0.2, 0.25) is 0 Å². The van der Waals surface area contributed by atoms with E-state index in [4.69, 9.17) is 4.42 Å². The van der Waals surface area contributed by atoms with Crippen LogP contribution < -0.4 is 10.6 Å². The molecule has 0 saturated carbocycles. The van der Waals surface area contributed by atoms with Crippen molar-refractivity contribution in [3.05, 3.63) is 28.8 Å². The van der Waals surface area contributed by atoms with Crippen molar-refractivity contribution >= 4 is 50.5 Å². The van der Waals surface area contributed by atoms with Crippen molar-refractivity contribution < 1.29 is 9.21 Å². The maximum Gasteiger partial charge on any atom is 0.287 e. The molecule has 8 nitrogen and oxygen atoms in total. The van der Waals surface area contributed by atoms with Gasteiger partial charge in [-0.25, -0.2) is 14.6 Å². The molecule has 0 aliphatic rings. The number of furan rings is 1. The van der Waals surface area contributed by atoms with Gasteiger partial charge in [-0.05, 0) is 41.9 Å². The number of fused-ring (bicyclic) bond motifs is 1. The van der Waals surface area contributed by atoms with E-state index in [-0.39, 0.29) is 17.7 Å². The van der Waals surface area contributed by atoms with Gasteiger partial charge >= 0.3 is 0 Å². The molecule has 0 unspecified atom stereocenters. The summed E-state index contributed by atoms with van der Waals surface area (Å²) in [7, 11) is 0. The molecule has 0 spiro atoms. The Balaban J connectivity index is 1.77. The molecule has 28 heavy (non-hydrogen) atoms. The van der Waals surface area contributed by atoms with E-state index in [0.29, 0.717) is 28.2 Å². The molecule has 0 bridgehead atoms. The van der Waals surface area contributed by atoms with Gasteiger partial charge in [-0.15, -0.1) is 0 Å². The van der Waals surface area contributed by atoms with Crippen molar-refractivity contribution in [3.8, 4) is 0 Å². The third-order valence-corrected chi connectivity index (χ3v) is 4.94. The molecule has 0 fully saturated rings. The van der Waals surface area contributed by atoms with E-state index in [1.807, 2.05) is 0 Å². The first-order valence-corrected chi connectivity index (χ1v) is 10.7. The summed E-state index contributed by atoms with van der Waals surface area (Å²) in [5.41, 5.74) is 0.747. The molecule has 0 aromatic carbocycles. The topological polar surface area (TPSA) is 97.9 Å². The summed E-state index contributed by atoms with van der Waals surface area (Å²) >= 11 is 4.80. The van der Waals surface area contributed by atoms with E-state index in [1.54, 1.807) is 34.8 Å². The first kappa shape index (κ1) is 20.7. The summed E-state index contributed by atoms with van der Waals surface area (Å²) in [6.07, 6.45) is 1.76. The number of nitrogens with zero attached hydrogens (tertiary/aromatic N) is 4. The maximum atomic E-state index is 12.1. The number of carbonyl (C=O) groups is 1. The number of thioether (sulfide) groups is 1. The predicted molar refractivity (Wildman–Crippen MR) is 114 cm³/mol. The fourth-order valence-corrected chi connectivity index (χ4v) is 3.56. The zero-order valence-corrected chi connectivity index (χ0v) is 18.6. The minimum Gasteiger partial charge on any atom is -0.444 e. The standard InChI is InChI=1S/C18H23BrN6O2S/c1-10(2)22-15-12-9-21-25(16(12)24-18(23-15)28-11(3)4)8-7-20-17(26)13-5-6-14(19)27-13/h5-6,9-11H,7-8H2,1-4H3,(H,20,26)(H,22,23,24). The third-order valence-electron chi connectivity index (χ3n) is 3.65. The number of hydrogen-bond donors (Lipinski definition) is 2. The normalized spacial score (nSPS) is 11.5. The van der Waals surface area contributed by atoms with Crippen LogP contribution in [0.5, 0.6) is 0 Å². The monoisotopic (exact) mass is 466 g/mol. The maximum absolute atomic E-state index is 12.1. The average molecular weight is 467 g/mol. The smallest absolute Gasteiger partial charge is 0.287 e. The van der Waals surface area contributed by atoms with Gasteiger partial charge < -0.3 is 15.1 Å². The second kappa shape index (κ2) is 8.95. The van der Waals surface area contributed by atoms with Crippen LogP contribution in [0.15, 0.2) is 32.6 Å². The van der Waals surface area contributed by atoms with Crippen LogP contribution in [0.25, 0.3) is 11.0 Å². The number of anilines is 1. The minimum atomic E-state index is -0.269. The molecule has 3 aromatic heterocycles. The van der Waals surface area contributed by atoms with Crippen LogP contribution >= 0.6 is 27.7 Å². The Kier molecular flexibility index (Phi) is 6.61. The number of aromatic nitrogens is 4. The van der Waals surface area contributed by atoms with E-state index in [0.717, 1.165) is 16.9 Å². The second-order valence-electron chi connectivity index (χ2n) is 6.79. The van der Waals surface area contributed by atoms with Crippen LogP contribution in [0.3, 0.4) is 0 Å².